The number of alkyl halides is 4. The molecule has 5 rings (SSSR count). The maximum atomic E-state index is 14.3. The molecule has 252 valence electrons. The van der Waals surface area contributed by atoms with Crippen molar-refractivity contribution >= 4 is 58.3 Å². The van der Waals surface area contributed by atoms with Crippen molar-refractivity contribution in [1.29, 1.82) is 0 Å². The normalized spacial score (nSPS) is 20.6. The molecule has 3 atom stereocenters. The number of rotatable bonds is 7. The van der Waals surface area contributed by atoms with E-state index in [-0.39, 0.29) is 46.9 Å². The van der Waals surface area contributed by atoms with Crippen molar-refractivity contribution in [3.8, 4) is 0 Å². The molecule has 2 unspecified atom stereocenters. The molecule has 47 heavy (non-hydrogen) atoms. The number of hydrogen-bond donors (Lipinski definition) is 3. The number of hydrogen-bond acceptors (Lipinski definition) is 6. The van der Waals surface area contributed by atoms with Crippen molar-refractivity contribution < 1.29 is 51.1 Å². The van der Waals surface area contributed by atoms with Crippen molar-refractivity contribution in [1.82, 2.24) is 15.1 Å². The van der Waals surface area contributed by atoms with Gasteiger partial charge in [-0.05, 0) is 55.0 Å². The topological polar surface area (TPSA) is 148 Å². The summed E-state index contributed by atoms with van der Waals surface area (Å²) in [4.78, 5) is 75.9. The van der Waals surface area contributed by atoms with Crippen molar-refractivity contribution in [2.75, 3.05) is 25.0 Å². The Balaban J connectivity index is 1.41. The highest BCUT2D eigenvalue weighted by atomic mass is 32.1. The number of anilines is 1. The zero-order valence-electron chi connectivity index (χ0n) is 25.1. The van der Waals surface area contributed by atoms with Gasteiger partial charge in [-0.1, -0.05) is 18.2 Å². The SMILES string of the molecule is CC(=O)N1CCC2CC[C@@H](C(=O)N(C)c3cccc(C(F)F)c3)N2C(=O)C(NC(=O)c2cc3cc(C(F)(F)P(=O)(O)O)ccc3s2)C1. The van der Waals surface area contributed by atoms with Gasteiger partial charge in [0.2, 0.25) is 17.7 Å². The quantitative estimate of drug-likeness (QED) is 0.244. The Kier molecular flexibility index (Phi) is 9.52. The summed E-state index contributed by atoms with van der Waals surface area (Å²) in [7, 11) is -4.40. The highest BCUT2D eigenvalue weighted by Crippen LogP contribution is 2.59. The van der Waals surface area contributed by atoms with Crippen LogP contribution in [-0.2, 0) is 24.6 Å². The van der Waals surface area contributed by atoms with Crippen molar-refractivity contribution in [3.63, 3.8) is 0 Å². The van der Waals surface area contributed by atoms with Crippen LogP contribution in [0, 0.1) is 0 Å². The monoisotopic (exact) mass is 698 g/mol. The van der Waals surface area contributed by atoms with Crippen LogP contribution in [0.25, 0.3) is 10.1 Å². The van der Waals surface area contributed by atoms with Crippen LogP contribution in [0.4, 0.5) is 23.2 Å². The number of amides is 4. The van der Waals surface area contributed by atoms with E-state index in [1.807, 2.05) is 0 Å². The number of nitrogens with one attached hydrogen (secondary N) is 1. The van der Waals surface area contributed by atoms with E-state index in [4.69, 9.17) is 9.79 Å². The van der Waals surface area contributed by atoms with E-state index < -0.39 is 61.1 Å². The molecule has 0 spiro atoms. The predicted molar refractivity (Wildman–Crippen MR) is 164 cm³/mol. The average Bonchev–Trinajstić information content (AvgIpc) is 3.64. The van der Waals surface area contributed by atoms with Crippen LogP contribution in [0.1, 0.15) is 53.4 Å². The summed E-state index contributed by atoms with van der Waals surface area (Å²) in [6.45, 7) is 1.35. The molecule has 3 aromatic rings. The number of likely N-dealkylation sites (N-methyl/N-ethyl adjacent to an activating group) is 1. The average molecular weight is 699 g/mol. The minimum atomic E-state index is -5.83. The van der Waals surface area contributed by atoms with E-state index in [9.17, 15) is 41.3 Å². The second-order valence-electron chi connectivity index (χ2n) is 11.5. The van der Waals surface area contributed by atoms with Gasteiger partial charge >= 0.3 is 13.3 Å². The molecule has 2 saturated heterocycles. The molecule has 0 radical (unpaired) electrons. The third kappa shape index (κ3) is 6.77. The lowest BCUT2D eigenvalue weighted by Crippen LogP contribution is -2.61. The summed E-state index contributed by atoms with van der Waals surface area (Å²) in [6, 6.07) is 6.80. The molecule has 2 aliphatic heterocycles. The number of nitrogens with zero attached hydrogens (tertiary/aromatic N) is 3. The van der Waals surface area contributed by atoms with Gasteiger partial charge in [-0.2, -0.15) is 8.78 Å². The van der Waals surface area contributed by atoms with E-state index in [0.717, 1.165) is 23.5 Å². The number of fused-ring (bicyclic) bond motifs is 2. The van der Waals surface area contributed by atoms with Gasteiger partial charge in [0.25, 0.3) is 12.3 Å². The van der Waals surface area contributed by atoms with Gasteiger partial charge in [-0.25, -0.2) is 8.78 Å². The number of benzene rings is 2. The van der Waals surface area contributed by atoms with Crippen molar-refractivity contribution in [3.05, 3.63) is 64.5 Å². The standard InChI is InChI=1S/C30H31F4N4O7PS/c1-16(39)37-11-10-20-7-8-23(29(42)36(2)21-5-3-4-17(13-21)26(31)32)38(20)28(41)22(15-37)35-27(40)25-14-18-12-19(6-9-24(18)47-25)30(33,34)46(43,44)45/h3-6,9,12-14,20,22-23,26H,7-8,10-11,15H2,1-2H3,(H,35,40)(H2,43,44,45)/t20?,22?,23-/m0/s1. The Morgan fingerprint density at radius 1 is 1.09 bits per heavy atom. The largest absolute Gasteiger partial charge is 0.399 e. The number of carbonyl (C=O) groups is 4. The first kappa shape index (κ1) is 34.5. The van der Waals surface area contributed by atoms with Gasteiger partial charge in [0.15, 0.2) is 0 Å². The fourth-order valence-electron chi connectivity index (χ4n) is 5.97. The summed E-state index contributed by atoms with van der Waals surface area (Å²) in [6.07, 6.45) is -1.68. The van der Waals surface area contributed by atoms with Crippen LogP contribution < -0.4 is 10.2 Å². The molecule has 3 heterocycles. The van der Waals surface area contributed by atoms with Crippen LogP contribution in [0.5, 0.6) is 0 Å². The van der Waals surface area contributed by atoms with Gasteiger partial charge < -0.3 is 29.8 Å². The third-order valence-electron chi connectivity index (χ3n) is 8.52. The summed E-state index contributed by atoms with van der Waals surface area (Å²) < 4.78 is 66.9. The van der Waals surface area contributed by atoms with Crippen molar-refractivity contribution in [2.45, 2.75) is 56.4 Å². The fraction of sp³-hybridized carbons (Fsp3) is 0.400. The molecule has 17 heteroatoms. The van der Waals surface area contributed by atoms with Gasteiger partial charge in [-0.15, -0.1) is 11.3 Å². The molecule has 1 aromatic heterocycles. The van der Waals surface area contributed by atoms with E-state index in [0.29, 0.717) is 17.5 Å². The maximum Gasteiger partial charge on any atom is 0.399 e. The molecule has 2 aliphatic rings. The lowest BCUT2D eigenvalue weighted by molar-refractivity contribution is -0.144. The summed E-state index contributed by atoms with van der Waals surface area (Å²) in [5.41, 5.74) is -5.44. The minimum Gasteiger partial charge on any atom is -0.340 e. The van der Waals surface area contributed by atoms with E-state index in [1.54, 1.807) is 0 Å². The molecular weight excluding hydrogens is 667 g/mol. The number of carbonyl (C=O) groups excluding carboxylic acids is 4. The Hall–Kier alpha value is -3.85. The zero-order valence-corrected chi connectivity index (χ0v) is 26.8. The minimum absolute atomic E-state index is 0.00474. The highest BCUT2D eigenvalue weighted by Gasteiger charge is 2.50. The maximum absolute atomic E-state index is 14.3. The van der Waals surface area contributed by atoms with E-state index >= 15 is 0 Å². The molecule has 3 N–H and O–H groups in total. The zero-order chi connectivity index (χ0) is 34.4. The number of halogens is 4. The van der Waals surface area contributed by atoms with Gasteiger partial charge in [0.1, 0.15) is 12.1 Å². The lowest BCUT2D eigenvalue weighted by Gasteiger charge is -2.39. The van der Waals surface area contributed by atoms with Gasteiger partial charge in [0.05, 0.1) is 4.88 Å². The highest BCUT2D eigenvalue weighted by molar-refractivity contribution is 7.52. The molecular formula is C30H31F4N4O7PS. The predicted octanol–water partition coefficient (Wildman–Crippen LogP) is 4.44. The smallest absolute Gasteiger partial charge is 0.340 e. The molecule has 0 bridgehead atoms. The lowest BCUT2D eigenvalue weighted by atomic mass is 10.1. The van der Waals surface area contributed by atoms with Crippen LogP contribution in [0.15, 0.2) is 48.5 Å². The second-order valence-corrected chi connectivity index (χ2v) is 14.2. The van der Waals surface area contributed by atoms with E-state index in [1.165, 1.54) is 65.1 Å². The summed E-state index contributed by atoms with van der Waals surface area (Å²) in [5, 5.41) is 2.74. The van der Waals surface area contributed by atoms with Gasteiger partial charge in [-0.3, -0.25) is 23.7 Å². The van der Waals surface area contributed by atoms with E-state index in [2.05, 4.69) is 5.32 Å². The van der Waals surface area contributed by atoms with Crippen LogP contribution >= 0.6 is 18.9 Å². The van der Waals surface area contributed by atoms with Gasteiger partial charge in [0, 0.05) is 54.6 Å². The second kappa shape index (κ2) is 13.0. The Morgan fingerprint density at radius 3 is 2.47 bits per heavy atom. The molecule has 2 fully saturated rings. The summed E-state index contributed by atoms with van der Waals surface area (Å²) >= 11 is 0.897. The Morgan fingerprint density at radius 2 is 1.81 bits per heavy atom. The molecule has 11 nitrogen and oxygen atoms in total. The first-order chi connectivity index (χ1) is 22.0. The molecule has 2 aromatic carbocycles. The third-order valence-corrected chi connectivity index (χ3v) is 10.6. The Labute approximate surface area is 270 Å². The van der Waals surface area contributed by atoms with Crippen LogP contribution in [-0.4, -0.2) is 81.5 Å². The first-order valence-electron chi connectivity index (χ1n) is 14.5. The molecule has 0 saturated carbocycles. The van der Waals surface area contributed by atoms with Crippen LogP contribution in [0.2, 0.25) is 0 Å². The van der Waals surface area contributed by atoms with Crippen LogP contribution in [0.3, 0.4) is 0 Å². The number of thiophene rings is 1. The first-order valence-corrected chi connectivity index (χ1v) is 16.9. The molecule has 0 aliphatic carbocycles. The fourth-order valence-corrected chi connectivity index (χ4v) is 7.39. The Bertz CT molecular complexity index is 1780. The summed E-state index contributed by atoms with van der Waals surface area (Å²) in [5.74, 6) is -2.23. The van der Waals surface area contributed by atoms with Crippen molar-refractivity contribution in [2.24, 2.45) is 0 Å². The molecule has 4 amide bonds.